The molecule has 9 heteroatoms. The van der Waals surface area contributed by atoms with E-state index in [2.05, 4.69) is 24.3 Å². The Bertz CT molecular complexity index is 1340. The van der Waals surface area contributed by atoms with Crippen molar-refractivity contribution in [1.29, 1.82) is 0 Å². The third-order valence-electron chi connectivity index (χ3n) is 5.05. The van der Waals surface area contributed by atoms with Gasteiger partial charge in [-0.05, 0) is 61.0 Å². The number of esters is 2. The zero-order valence-electron chi connectivity index (χ0n) is 18.9. The molecule has 0 aliphatic heterocycles. The highest BCUT2D eigenvalue weighted by atomic mass is 32.1. The fraction of sp³-hybridized carbons (Fsp3) is 0.154. The number of carbonyl (C=O) groups is 2. The lowest BCUT2D eigenvalue weighted by atomic mass is 10.2. The molecule has 0 aliphatic rings. The smallest absolute Gasteiger partial charge is 0.348 e. The van der Waals surface area contributed by atoms with Gasteiger partial charge < -0.3 is 9.47 Å². The normalized spacial score (nSPS) is 11.0. The Balaban J connectivity index is 1.52. The third-order valence-corrected chi connectivity index (χ3v) is 10.6. The van der Waals surface area contributed by atoms with Crippen LogP contribution in [0.1, 0.15) is 33.2 Å². The summed E-state index contributed by atoms with van der Waals surface area (Å²) in [7, 11) is 0. The highest BCUT2D eigenvalue weighted by Crippen LogP contribution is 2.46. The number of hydrogen-bond acceptors (Lipinski definition) is 9. The Kier molecular flexibility index (Phi) is 7.31. The molecule has 0 radical (unpaired) electrons. The van der Waals surface area contributed by atoms with Gasteiger partial charge in [-0.25, -0.2) is 9.59 Å². The van der Waals surface area contributed by atoms with E-state index in [1.165, 1.54) is 22.7 Å². The Morgan fingerprint density at radius 1 is 0.629 bits per heavy atom. The molecule has 178 valence electrons. The van der Waals surface area contributed by atoms with Crippen LogP contribution in [-0.2, 0) is 9.47 Å². The molecule has 0 fully saturated rings. The standard InChI is InChI=1S/C26H20O4S5/c1-3-29-25(27)23-15(17-7-5-11-31-17)13-21(34-23)19-9-10-20(33-19)22-14-16(18-8-6-12-32-18)24(35-22)26(28)30-4-2/h5-14H,3-4H2,1-2H3. The van der Waals surface area contributed by atoms with E-state index >= 15 is 0 Å². The fourth-order valence-corrected chi connectivity index (χ4v) is 8.48. The molecule has 0 atom stereocenters. The molecule has 0 spiro atoms. The SMILES string of the molecule is CCOC(=O)c1sc(-c2ccc(-c3cc(-c4cccs4)c(C(=O)OCC)s3)s2)cc1-c1cccs1. The van der Waals surface area contributed by atoms with E-state index in [-0.39, 0.29) is 11.9 Å². The highest BCUT2D eigenvalue weighted by Gasteiger charge is 2.23. The van der Waals surface area contributed by atoms with Crippen molar-refractivity contribution >= 4 is 68.6 Å². The number of thiophene rings is 5. The van der Waals surface area contributed by atoms with Gasteiger partial charge in [0.2, 0.25) is 0 Å². The highest BCUT2D eigenvalue weighted by molar-refractivity contribution is 7.27. The van der Waals surface area contributed by atoms with E-state index < -0.39 is 0 Å². The van der Waals surface area contributed by atoms with Crippen LogP contribution in [-0.4, -0.2) is 25.2 Å². The van der Waals surface area contributed by atoms with Crippen molar-refractivity contribution in [3.05, 3.63) is 69.0 Å². The molecule has 0 unspecified atom stereocenters. The van der Waals surface area contributed by atoms with Gasteiger partial charge in [0.1, 0.15) is 9.75 Å². The van der Waals surface area contributed by atoms with E-state index in [4.69, 9.17) is 9.47 Å². The minimum atomic E-state index is -0.290. The van der Waals surface area contributed by atoms with Gasteiger partial charge in [-0.3, -0.25) is 0 Å². The summed E-state index contributed by atoms with van der Waals surface area (Å²) in [5.74, 6) is -0.580. The Morgan fingerprint density at radius 3 is 1.46 bits per heavy atom. The zero-order chi connectivity index (χ0) is 24.4. The molecule has 5 rings (SSSR count). The van der Waals surface area contributed by atoms with Crippen LogP contribution in [0.25, 0.3) is 40.4 Å². The van der Waals surface area contributed by atoms with Crippen molar-refractivity contribution in [2.75, 3.05) is 13.2 Å². The first-order chi connectivity index (χ1) is 17.1. The Labute approximate surface area is 223 Å². The summed E-state index contributed by atoms with van der Waals surface area (Å²) in [6.07, 6.45) is 0. The predicted octanol–water partition coefficient (Wildman–Crippen LogP) is 9.02. The van der Waals surface area contributed by atoms with Gasteiger partial charge in [0.25, 0.3) is 0 Å². The summed E-state index contributed by atoms with van der Waals surface area (Å²) < 4.78 is 10.6. The summed E-state index contributed by atoms with van der Waals surface area (Å²) >= 11 is 7.78. The average molecular weight is 557 g/mol. The Morgan fingerprint density at radius 2 is 1.09 bits per heavy atom. The number of ether oxygens (including phenoxy) is 2. The molecule has 0 amide bonds. The minimum absolute atomic E-state index is 0.290. The quantitative estimate of drug-likeness (QED) is 0.179. The molecule has 5 aromatic heterocycles. The Hall–Kier alpha value is -2.56. The minimum Gasteiger partial charge on any atom is -0.462 e. The molecule has 0 bridgehead atoms. The maximum atomic E-state index is 12.7. The predicted molar refractivity (Wildman–Crippen MR) is 149 cm³/mol. The van der Waals surface area contributed by atoms with E-state index in [0.29, 0.717) is 23.0 Å². The van der Waals surface area contributed by atoms with Crippen LogP contribution in [0, 0.1) is 0 Å². The van der Waals surface area contributed by atoms with Crippen LogP contribution in [0.15, 0.2) is 59.3 Å². The summed E-state index contributed by atoms with van der Waals surface area (Å²) in [6.45, 7) is 4.32. The topological polar surface area (TPSA) is 52.6 Å². The van der Waals surface area contributed by atoms with Crippen LogP contribution in [0.2, 0.25) is 0 Å². The van der Waals surface area contributed by atoms with Crippen molar-refractivity contribution in [3.8, 4) is 40.4 Å². The molecule has 0 aromatic carbocycles. The maximum Gasteiger partial charge on any atom is 0.348 e. The van der Waals surface area contributed by atoms with Gasteiger partial charge in [-0.15, -0.1) is 56.7 Å². The summed E-state index contributed by atoms with van der Waals surface area (Å²) in [4.78, 5) is 32.8. The fourth-order valence-electron chi connectivity index (χ4n) is 3.55. The van der Waals surface area contributed by atoms with Gasteiger partial charge in [0, 0.05) is 40.4 Å². The van der Waals surface area contributed by atoms with Gasteiger partial charge in [-0.2, -0.15) is 0 Å². The van der Waals surface area contributed by atoms with Crippen LogP contribution >= 0.6 is 56.7 Å². The van der Waals surface area contributed by atoms with E-state index in [9.17, 15) is 9.59 Å². The van der Waals surface area contributed by atoms with Crippen molar-refractivity contribution in [2.45, 2.75) is 13.8 Å². The first-order valence-electron chi connectivity index (χ1n) is 10.9. The van der Waals surface area contributed by atoms with Crippen molar-refractivity contribution in [2.24, 2.45) is 0 Å². The van der Waals surface area contributed by atoms with E-state index in [0.717, 1.165) is 40.4 Å². The lowest BCUT2D eigenvalue weighted by Crippen LogP contribution is -2.03. The monoisotopic (exact) mass is 556 g/mol. The van der Waals surface area contributed by atoms with Crippen LogP contribution < -0.4 is 0 Å². The van der Waals surface area contributed by atoms with Crippen molar-refractivity contribution < 1.29 is 19.1 Å². The van der Waals surface area contributed by atoms with Crippen LogP contribution in [0.3, 0.4) is 0 Å². The molecule has 5 heterocycles. The number of hydrogen-bond donors (Lipinski definition) is 0. The van der Waals surface area contributed by atoms with E-state index in [1.54, 1.807) is 34.0 Å². The first-order valence-corrected chi connectivity index (χ1v) is 15.1. The number of carbonyl (C=O) groups excluding carboxylic acids is 2. The third kappa shape index (κ3) is 4.92. The average Bonchev–Trinajstić information content (AvgIpc) is 3.68. The molecular weight excluding hydrogens is 537 g/mol. The molecule has 0 saturated carbocycles. The second-order valence-corrected chi connectivity index (χ2v) is 12.3. The van der Waals surface area contributed by atoms with Gasteiger partial charge in [0.15, 0.2) is 0 Å². The number of rotatable bonds is 8. The summed E-state index contributed by atoms with van der Waals surface area (Å²) in [6, 6.07) is 16.3. The molecule has 0 saturated heterocycles. The van der Waals surface area contributed by atoms with Crippen molar-refractivity contribution in [3.63, 3.8) is 0 Å². The largest absolute Gasteiger partial charge is 0.462 e. The molecule has 0 aliphatic carbocycles. The van der Waals surface area contributed by atoms with Crippen molar-refractivity contribution in [1.82, 2.24) is 0 Å². The summed E-state index contributed by atoms with van der Waals surface area (Å²) in [5, 5.41) is 4.02. The second kappa shape index (κ2) is 10.6. The molecule has 5 aromatic rings. The molecule has 4 nitrogen and oxygen atoms in total. The molecular formula is C26H20O4S5. The molecule has 0 N–H and O–H groups in total. The second-order valence-electron chi connectivity index (χ2n) is 7.27. The lowest BCUT2D eigenvalue weighted by Gasteiger charge is -2.01. The molecule has 35 heavy (non-hydrogen) atoms. The van der Waals surface area contributed by atoms with Crippen LogP contribution in [0.5, 0.6) is 0 Å². The summed E-state index contributed by atoms with van der Waals surface area (Å²) in [5.41, 5.74) is 1.82. The zero-order valence-corrected chi connectivity index (χ0v) is 22.9. The maximum absolute atomic E-state index is 12.7. The van der Waals surface area contributed by atoms with Gasteiger partial charge >= 0.3 is 11.9 Å². The van der Waals surface area contributed by atoms with Gasteiger partial charge in [-0.1, -0.05) is 12.1 Å². The van der Waals surface area contributed by atoms with Gasteiger partial charge in [0.05, 0.1) is 13.2 Å². The first kappa shape index (κ1) is 24.1. The lowest BCUT2D eigenvalue weighted by molar-refractivity contribution is 0.0523. The van der Waals surface area contributed by atoms with Crippen LogP contribution in [0.4, 0.5) is 0 Å². The van der Waals surface area contributed by atoms with E-state index in [1.807, 2.05) is 48.9 Å².